The topological polar surface area (TPSA) is 85.1 Å². The zero-order valence-electron chi connectivity index (χ0n) is 11.0. The SMILES string of the molecule is Cc1ccc(S(=O)(=O)Nc2cc(C)c(Br)cn2)c(N)c1. The van der Waals surface area contributed by atoms with Crippen molar-refractivity contribution in [2.45, 2.75) is 18.7 Å². The summed E-state index contributed by atoms with van der Waals surface area (Å²) in [6.07, 6.45) is 1.55. The summed E-state index contributed by atoms with van der Waals surface area (Å²) in [5.74, 6) is 0.255. The average Bonchev–Trinajstić information content (AvgIpc) is 2.33. The molecule has 2 rings (SSSR count). The lowest BCUT2D eigenvalue weighted by atomic mass is 10.2. The van der Waals surface area contributed by atoms with Gasteiger partial charge in [-0.1, -0.05) is 6.07 Å². The quantitative estimate of drug-likeness (QED) is 0.829. The molecule has 106 valence electrons. The molecule has 0 unspecified atom stereocenters. The van der Waals surface area contributed by atoms with Crippen molar-refractivity contribution in [1.29, 1.82) is 0 Å². The summed E-state index contributed by atoms with van der Waals surface area (Å²) in [5.41, 5.74) is 7.77. The van der Waals surface area contributed by atoms with E-state index in [0.717, 1.165) is 15.6 Å². The number of halogens is 1. The largest absolute Gasteiger partial charge is 0.398 e. The number of hydrogen-bond acceptors (Lipinski definition) is 4. The van der Waals surface area contributed by atoms with Crippen LogP contribution >= 0.6 is 15.9 Å². The van der Waals surface area contributed by atoms with Crippen LogP contribution in [0.4, 0.5) is 11.5 Å². The molecule has 7 heteroatoms. The first-order valence-corrected chi connectivity index (χ1v) is 8.08. The fraction of sp³-hybridized carbons (Fsp3) is 0.154. The van der Waals surface area contributed by atoms with Gasteiger partial charge < -0.3 is 5.73 Å². The minimum absolute atomic E-state index is 0.0467. The summed E-state index contributed by atoms with van der Waals surface area (Å²) in [7, 11) is -3.74. The molecule has 0 aliphatic carbocycles. The Labute approximate surface area is 126 Å². The summed E-state index contributed by atoms with van der Waals surface area (Å²) in [5, 5.41) is 0. The smallest absolute Gasteiger partial charge is 0.265 e. The van der Waals surface area contributed by atoms with Crippen LogP contribution < -0.4 is 10.5 Å². The number of hydrogen-bond donors (Lipinski definition) is 2. The van der Waals surface area contributed by atoms with Gasteiger partial charge in [0, 0.05) is 10.7 Å². The number of nitrogens with zero attached hydrogens (tertiary/aromatic N) is 1. The highest BCUT2D eigenvalue weighted by Crippen LogP contribution is 2.23. The molecule has 0 amide bonds. The van der Waals surface area contributed by atoms with Gasteiger partial charge in [-0.25, -0.2) is 13.4 Å². The van der Waals surface area contributed by atoms with Crippen molar-refractivity contribution >= 4 is 37.5 Å². The molecular formula is C13H14BrN3O2S. The standard InChI is InChI=1S/C13H14BrN3O2S/c1-8-3-4-12(11(15)5-8)20(18,19)17-13-6-9(2)10(14)7-16-13/h3-7H,15H2,1-2H3,(H,16,17). The maximum Gasteiger partial charge on any atom is 0.265 e. The van der Waals surface area contributed by atoms with E-state index in [1.165, 1.54) is 6.07 Å². The van der Waals surface area contributed by atoms with Gasteiger partial charge >= 0.3 is 0 Å². The van der Waals surface area contributed by atoms with E-state index < -0.39 is 10.0 Å². The van der Waals surface area contributed by atoms with Crippen LogP contribution in [0.1, 0.15) is 11.1 Å². The molecule has 0 aliphatic rings. The average molecular weight is 356 g/mol. The molecule has 0 radical (unpaired) electrons. The first kappa shape index (κ1) is 14.8. The maximum absolute atomic E-state index is 12.3. The molecule has 0 aliphatic heterocycles. The molecule has 0 bridgehead atoms. The Morgan fingerprint density at radius 3 is 2.55 bits per heavy atom. The number of nitrogen functional groups attached to an aromatic ring is 1. The van der Waals surface area contributed by atoms with Gasteiger partial charge in [0.1, 0.15) is 10.7 Å². The van der Waals surface area contributed by atoms with Crippen LogP contribution in [0, 0.1) is 13.8 Å². The predicted molar refractivity (Wildman–Crippen MR) is 83.1 cm³/mol. The number of nitrogens with two attached hydrogens (primary N) is 1. The molecule has 0 fully saturated rings. The van der Waals surface area contributed by atoms with Gasteiger partial charge in [-0.3, -0.25) is 4.72 Å². The number of pyridine rings is 1. The van der Waals surface area contributed by atoms with Crippen LogP contribution in [0.2, 0.25) is 0 Å². The highest BCUT2D eigenvalue weighted by Gasteiger charge is 2.18. The third-order valence-corrected chi connectivity index (χ3v) is 5.00. The second-order valence-electron chi connectivity index (χ2n) is 4.47. The van der Waals surface area contributed by atoms with E-state index in [4.69, 9.17) is 5.73 Å². The highest BCUT2D eigenvalue weighted by molar-refractivity contribution is 9.10. The van der Waals surface area contributed by atoms with E-state index >= 15 is 0 Å². The summed E-state index contributed by atoms with van der Waals surface area (Å²) in [6.45, 7) is 3.70. The first-order valence-electron chi connectivity index (χ1n) is 5.81. The summed E-state index contributed by atoms with van der Waals surface area (Å²) >= 11 is 3.31. The van der Waals surface area contributed by atoms with Gasteiger partial charge in [-0.05, 0) is 59.1 Å². The fourth-order valence-electron chi connectivity index (χ4n) is 1.70. The molecular weight excluding hydrogens is 342 g/mol. The van der Waals surface area contributed by atoms with Crippen LogP contribution in [0.5, 0.6) is 0 Å². The van der Waals surface area contributed by atoms with Gasteiger partial charge in [-0.2, -0.15) is 0 Å². The molecule has 3 N–H and O–H groups in total. The Morgan fingerprint density at radius 2 is 1.95 bits per heavy atom. The molecule has 20 heavy (non-hydrogen) atoms. The van der Waals surface area contributed by atoms with Gasteiger partial charge in [-0.15, -0.1) is 0 Å². The molecule has 1 heterocycles. The third-order valence-electron chi connectivity index (χ3n) is 2.74. The minimum Gasteiger partial charge on any atom is -0.398 e. The molecule has 5 nitrogen and oxygen atoms in total. The number of benzene rings is 1. The molecule has 0 saturated carbocycles. The number of sulfonamides is 1. The van der Waals surface area contributed by atoms with E-state index in [-0.39, 0.29) is 16.4 Å². The second kappa shape index (κ2) is 5.41. The number of rotatable bonds is 3. The summed E-state index contributed by atoms with van der Waals surface area (Å²) in [4.78, 5) is 4.07. The van der Waals surface area contributed by atoms with Crippen molar-refractivity contribution < 1.29 is 8.42 Å². The fourth-order valence-corrected chi connectivity index (χ4v) is 3.03. The number of anilines is 2. The zero-order valence-corrected chi connectivity index (χ0v) is 13.4. The van der Waals surface area contributed by atoms with Crippen molar-refractivity contribution in [1.82, 2.24) is 4.98 Å². The van der Waals surface area contributed by atoms with Gasteiger partial charge in [0.15, 0.2) is 0 Å². The maximum atomic E-state index is 12.3. The number of aromatic nitrogens is 1. The molecule has 1 aromatic carbocycles. The monoisotopic (exact) mass is 355 g/mol. The van der Waals surface area contributed by atoms with Crippen LogP contribution in [-0.4, -0.2) is 13.4 Å². The van der Waals surface area contributed by atoms with E-state index in [9.17, 15) is 8.42 Å². The van der Waals surface area contributed by atoms with E-state index in [1.54, 1.807) is 24.4 Å². The van der Waals surface area contributed by atoms with Crippen molar-refractivity contribution in [3.8, 4) is 0 Å². The summed E-state index contributed by atoms with van der Waals surface area (Å²) < 4.78 is 27.8. The Bertz CT molecular complexity index is 760. The zero-order chi connectivity index (χ0) is 14.9. The predicted octanol–water partition coefficient (Wildman–Crippen LogP) is 2.84. The number of aryl methyl sites for hydroxylation is 2. The van der Waals surface area contributed by atoms with Crippen molar-refractivity contribution in [2.24, 2.45) is 0 Å². The Hall–Kier alpha value is -1.60. The Balaban J connectivity index is 2.38. The Morgan fingerprint density at radius 1 is 1.25 bits per heavy atom. The summed E-state index contributed by atoms with van der Waals surface area (Å²) in [6, 6.07) is 6.45. The van der Waals surface area contributed by atoms with E-state index in [0.29, 0.717) is 0 Å². The molecule has 1 aromatic heterocycles. The second-order valence-corrected chi connectivity index (χ2v) is 6.97. The Kier molecular flexibility index (Phi) is 4.01. The van der Waals surface area contributed by atoms with Crippen LogP contribution in [0.15, 0.2) is 39.8 Å². The minimum atomic E-state index is -3.74. The van der Waals surface area contributed by atoms with Gasteiger partial charge in [0.2, 0.25) is 0 Å². The molecule has 0 atom stereocenters. The lowest BCUT2D eigenvalue weighted by Crippen LogP contribution is -2.15. The van der Waals surface area contributed by atoms with Crippen molar-refractivity contribution in [3.63, 3.8) is 0 Å². The first-order chi connectivity index (χ1) is 9.29. The molecule has 0 spiro atoms. The van der Waals surface area contributed by atoms with Crippen LogP contribution in [0.3, 0.4) is 0 Å². The van der Waals surface area contributed by atoms with Crippen LogP contribution in [-0.2, 0) is 10.0 Å². The van der Waals surface area contributed by atoms with Crippen molar-refractivity contribution in [3.05, 3.63) is 46.1 Å². The van der Waals surface area contributed by atoms with Crippen molar-refractivity contribution in [2.75, 3.05) is 10.5 Å². The van der Waals surface area contributed by atoms with Crippen LogP contribution in [0.25, 0.3) is 0 Å². The van der Waals surface area contributed by atoms with E-state index in [1.807, 2.05) is 13.8 Å². The molecule has 0 saturated heterocycles. The third kappa shape index (κ3) is 3.10. The normalized spacial score (nSPS) is 11.3. The lowest BCUT2D eigenvalue weighted by Gasteiger charge is -2.10. The number of nitrogens with one attached hydrogen (secondary N) is 1. The van der Waals surface area contributed by atoms with Gasteiger partial charge in [0.25, 0.3) is 10.0 Å². The molecule has 2 aromatic rings. The van der Waals surface area contributed by atoms with Gasteiger partial charge in [0.05, 0.1) is 5.69 Å². The highest BCUT2D eigenvalue weighted by atomic mass is 79.9. The van der Waals surface area contributed by atoms with E-state index in [2.05, 4.69) is 25.6 Å². The lowest BCUT2D eigenvalue weighted by molar-refractivity contribution is 0.601.